The highest BCUT2D eigenvalue weighted by molar-refractivity contribution is 6.05. The lowest BCUT2D eigenvalue weighted by Crippen LogP contribution is -2.30. The number of carbonyl (C=O) groups is 1. The molecule has 2 heterocycles. The third-order valence-corrected chi connectivity index (χ3v) is 5.03. The van der Waals surface area contributed by atoms with Gasteiger partial charge < -0.3 is 9.64 Å². The predicted octanol–water partition coefficient (Wildman–Crippen LogP) is 4.74. The van der Waals surface area contributed by atoms with Gasteiger partial charge in [-0.05, 0) is 61.9 Å². The lowest BCUT2D eigenvalue weighted by Gasteiger charge is -2.23. The van der Waals surface area contributed by atoms with E-state index in [1.165, 1.54) is 0 Å². The number of ether oxygens (including phenoxy) is 1. The molecular formula is C25H24N4O2. The van der Waals surface area contributed by atoms with Crippen LogP contribution in [0.25, 0.3) is 5.82 Å². The normalized spacial score (nSPS) is 10.7. The first-order chi connectivity index (χ1) is 15.0. The average Bonchev–Trinajstić information content (AvgIpc) is 3.15. The Hall–Kier alpha value is -3.93. The van der Waals surface area contributed by atoms with Crippen molar-refractivity contribution in [2.75, 3.05) is 12.0 Å². The van der Waals surface area contributed by atoms with Gasteiger partial charge in [0.15, 0.2) is 5.82 Å². The van der Waals surface area contributed by atoms with Crippen molar-refractivity contribution < 1.29 is 9.53 Å². The van der Waals surface area contributed by atoms with E-state index in [1.807, 2.05) is 80.6 Å². The monoisotopic (exact) mass is 412 g/mol. The fourth-order valence-corrected chi connectivity index (χ4v) is 3.46. The molecule has 6 heteroatoms. The second kappa shape index (κ2) is 8.83. The van der Waals surface area contributed by atoms with E-state index in [1.54, 1.807) is 29.0 Å². The molecule has 0 saturated carbocycles. The molecule has 0 aliphatic carbocycles. The summed E-state index contributed by atoms with van der Waals surface area (Å²) in [6.45, 7) is 4.37. The Morgan fingerprint density at radius 1 is 1.00 bits per heavy atom. The molecule has 31 heavy (non-hydrogen) atoms. The molecule has 0 atom stereocenters. The molecule has 0 radical (unpaired) electrons. The van der Waals surface area contributed by atoms with Crippen LogP contribution in [0.1, 0.15) is 27.3 Å². The van der Waals surface area contributed by atoms with Crippen molar-refractivity contribution in [3.8, 4) is 11.6 Å². The molecule has 6 nitrogen and oxygen atoms in total. The number of anilines is 1. The molecule has 2 aromatic carbocycles. The third kappa shape index (κ3) is 4.48. The first-order valence-electron chi connectivity index (χ1n) is 10.0. The SMILES string of the molecule is COc1ccc(N(Cc2ccccc2)C(=O)c2ccc(-n3nc(C)cc3C)nc2)cc1. The Morgan fingerprint density at radius 3 is 2.32 bits per heavy atom. The van der Waals surface area contributed by atoms with Crippen LogP contribution in [0, 0.1) is 13.8 Å². The van der Waals surface area contributed by atoms with Crippen LogP contribution in [-0.2, 0) is 6.54 Å². The Kier molecular flexibility index (Phi) is 5.80. The van der Waals surface area contributed by atoms with Crippen molar-refractivity contribution >= 4 is 11.6 Å². The molecule has 0 fully saturated rings. The molecule has 2 aromatic heterocycles. The highest BCUT2D eigenvalue weighted by Crippen LogP contribution is 2.23. The molecule has 0 N–H and O–H groups in total. The Morgan fingerprint density at radius 2 is 1.74 bits per heavy atom. The van der Waals surface area contributed by atoms with Crippen molar-refractivity contribution in [3.63, 3.8) is 0 Å². The van der Waals surface area contributed by atoms with E-state index >= 15 is 0 Å². The topological polar surface area (TPSA) is 60.2 Å². The van der Waals surface area contributed by atoms with Crippen LogP contribution in [0.4, 0.5) is 5.69 Å². The van der Waals surface area contributed by atoms with Crippen molar-refractivity contribution in [2.24, 2.45) is 0 Å². The number of nitrogens with zero attached hydrogens (tertiary/aromatic N) is 4. The van der Waals surface area contributed by atoms with Crippen LogP contribution in [0.2, 0.25) is 0 Å². The summed E-state index contributed by atoms with van der Waals surface area (Å²) in [4.78, 5) is 19.7. The van der Waals surface area contributed by atoms with Crippen LogP contribution in [0.5, 0.6) is 5.75 Å². The number of aromatic nitrogens is 3. The molecule has 0 unspecified atom stereocenters. The van der Waals surface area contributed by atoms with E-state index in [0.29, 0.717) is 17.9 Å². The van der Waals surface area contributed by atoms with Crippen LogP contribution in [0.15, 0.2) is 79.0 Å². The maximum absolute atomic E-state index is 13.5. The van der Waals surface area contributed by atoms with Gasteiger partial charge in [0.1, 0.15) is 5.75 Å². The fraction of sp³-hybridized carbons (Fsp3) is 0.160. The molecule has 4 aromatic rings. The van der Waals surface area contributed by atoms with Gasteiger partial charge in [-0.3, -0.25) is 4.79 Å². The molecule has 1 amide bonds. The molecule has 0 saturated heterocycles. The lowest BCUT2D eigenvalue weighted by atomic mass is 10.1. The van der Waals surface area contributed by atoms with Gasteiger partial charge in [-0.1, -0.05) is 30.3 Å². The first-order valence-corrected chi connectivity index (χ1v) is 10.0. The quantitative estimate of drug-likeness (QED) is 0.459. The maximum atomic E-state index is 13.5. The molecule has 0 aliphatic heterocycles. The van der Waals surface area contributed by atoms with Crippen molar-refractivity contribution in [3.05, 3.63) is 102 Å². The number of methoxy groups -OCH3 is 1. The Labute approximate surface area is 181 Å². The Bertz CT molecular complexity index is 1170. The summed E-state index contributed by atoms with van der Waals surface area (Å²) in [5.41, 5.74) is 4.26. The zero-order chi connectivity index (χ0) is 21.8. The zero-order valence-corrected chi connectivity index (χ0v) is 17.8. The van der Waals surface area contributed by atoms with Gasteiger partial charge in [0, 0.05) is 17.6 Å². The number of aryl methyl sites for hydroxylation is 2. The second-order valence-corrected chi connectivity index (χ2v) is 7.32. The summed E-state index contributed by atoms with van der Waals surface area (Å²) in [5, 5.41) is 4.46. The van der Waals surface area contributed by atoms with Gasteiger partial charge >= 0.3 is 0 Å². The number of rotatable bonds is 6. The van der Waals surface area contributed by atoms with E-state index in [9.17, 15) is 4.79 Å². The van der Waals surface area contributed by atoms with Gasteiger partial charge in [0.05, 0.1) is 24.9 Å². The average molecular weight is 412 g/mol. The molecule has 0 bridgehead atoms. The highest BCUT2D eigenvalue weighted by atomic mass is 16.5. The largest absolute Gasteiger partial charge is 0.497 e. The summed E-state index contributed by atoms with van der Waals surface area (Å²) in [6.07, 6.45) is 1.61. The lowest BCUT2D eigenvalue weighted by molar-refractivity contribution is 0.0984. The Balaban J connectivity index is 1.65. The van der Waals surface area contributed by atoms with Gasteiger partial charge in [0.2, 0.25) is 0 Å². The molecular weight excluding hydrogens is 388 g/mol. The number of hydrogen-bond acceptors (Lipinski definition) is 4. The van der Waals surface area contributed by atoms with E-state index in [4.69, 9.17) is 4.74 Å². The van der Waals surface area contributed by atoms with Gasteiger partial charge in [-0.15, -0.1) is 0 Å². The van der Waals surface area contributed by atoms with Crippen molar-refractivity contribution in [1.29, 1.82) is 0 Å². The molecule has 156 valence electrons. The van der Waals surface area contributed by atoms with Crippen LogP contribution in [0.3, 0.4) is 0 Å². The number of pyridine rings is 1. The molecule has 0 spiro atoms. The van der Waals surface area contributed by atoms with Gasteiger partial charge in [0.25, 0.3) is 5.91 Å². The first kappa shape index (κ1) is 20.3. The maximum Gasteiger partial charge on any atom is 0.260 e. The molecule has 0 aliphatic rings. The minimum absolute atomic E-state index is 0.124. The summed E-state index contributed by atoms with van der Waals surface area (Å²) in [6, 6.07) is 23.0. The number of benzene rings is 2. The fourth-order valence-electron chi connectivity index (χ4n) is 3.46. The van der Waals surface area contributed by atoms with E-state index in [0.717, 1.165) is 28.4 Å². The van der Waals surface area contributed by atoms with E-state index < -0.39 is 0 Å². The minimum atomic E-state index is -0.124. The second-order valence-electron chi connectivity index (χ2n) is 7.32. The van der Waals surface area contributed by atoms with Crippen molar-refractivity contribution in [1.82, 2.24) is 14.8 Å². The summed E-state index contributed by atoms with van der Waals surface area (Å²) in [7, 11) is 1.62. The standard InChI is InChI=1S/C25H24N4O2/c1-18-15-19(2)29(27-18)24-14-9-21(16-26-24)25(30)28(17-20-7-5-4-6-8-20)22-10-12-23(31-3)13-11-22/h4-16H,17H2,1-3H3. The van der Waals surface area contributed by atoms with Gasteiger partial charge in [-0.25, -0.2) is 9.67 Å². The van der Waals surface area contributed by atoms with Crippen molar-refractivity contribution in [2.45, 2.75) is 20.4 Å². The van der Waals surface area contributed by atoms with Crippen LogP contribution < -0.4 is 9.64 Å². The van der Waals surface area contributed by atoms with Crippen LogP contribution >= 0.6 is 0 Å². The summed E-state index contributed by atoms with van der Waals surface area (Å²) < 4.78 is 7.03. The summed E-state index contributed by atoms with van der Waals surface area (Å²) >= 11 is 0. The van der Waals surface area contributed by atoms with E-state index in [-0.39, 0.29) is 5.91 Å². The third-order valence-electron chi connectivity index (χ3n) is 5.03. The predicted molar refractivity (Wildman–Crippen MR) is 121 cm³/mol. The zero-order valence-electron chi connectivity index (χ0n) is 17.8. The summed E-state index contributed by atoms with van der Waals surface area (Å²) in [5.74, 6) is 1.30. The smallest absolute Gasteiger partial charge is 0.260 e. The molecule has 4 rings (SSSR count). The highest BCUT2D eigenvalue weighted by Gasteiger charge is 2.19. The van der Waals surface area contributed by atoms with Crippen LogP contribution in [-0.4, -0.2) is 27.8 Å². The van der Waals surface area contributed by atoms with E-state index in [2.05, 4.69) is 10.1 Å². The number of hydrogen-bond donors (Lipinski definition) is 0. The number of amides is 1. The minimum Gasteiger partial charge on any atom is -0.497 e. The van der Waals surface area contributed by atoms with Gasteiger partial charge in [-0.2, -0.15) is 5.10 Å². The number of carbonyl (C=O) groups excluding carboxylic acids is 1.